The molecular weight excluding hydrogens is 360 g/mol. The zero-order chi connectivity index (χ0) is 18.4. The third-order valence-corrected chi connectivity index (χ3v) is 5.36. The molecule has 0 bridgehead atoms. The number of benzene rings is 1. The van der Waals surface area contributed by atoms with Crippen molar-refractivity contribution in [1.29, 1.82) is 0 Å². The van der Waals surface area contributed by atoms with Gasteiger partial charge in [-0.3, -0.25) is 9.59 Å². The monoisotopic (exact) mass is 377 g/mol. The SMILES string of the molecule is O=C(COC(=O)C[C@@H]1CCS(=O)(=O)C1)Nc1ccccc1OC(F)F. The van der Waals surface area contributed by atoms with Gasteiger partial charge < -0.3 is 14.8 Å². The molecule has 25 heavy (non-hydrogen) atoms. The Hall–Kier alpha value is -2.23. The lowest BCUT2D eigenvalue weighted by atomic mass is 10.1. The van der Waals surface area contributed by atoms with Crippen molar-refractivity contribution in [3.05, 3.63) is 24.3 Å². The van der Waals surface area contributed by atoms with Crippen LogP contribution in [0.2, 0.25) is 0 Å². The molecule has 0 spiro atoms. The zero-order valence-electron chi connectivity index (χ0n) is 13.1. The van der Waals surface area contributed by atoms with E-state index >= 15 is 0 Å². The van der Waals surface area contributed by atoms with Crippen molar-refractivity contribution in [2.24, 2.45) is 5.92 Å². The molecule has 1 amide bonds. The number of nitrogens with one attached hydrogen (secondary N) is 1. The number of anilines is 1. The maximum atomic E-state index is 12.3. The number of carbonyl (C=O) groups excluding carboxylic acids is 2. The fraction of sp³-hybridized carbons (Fsp3) is 0.467. The molecule has 138 valence electrons. The summed E-state index contributed by atoms with van der Waals surface area (Å²) >= 11 is 0. The summed E-state index contributed by atoms with van der Waals surface area (Å²) in [7, 11) is -3.09. The van der Waals surface area contributed by atoms with Crippen LogP contribution in [0.1, 0.15) is 12.8 Å². The smallest absolute Gasteiger partial charge is 0.387 e. The molecule has 1 aromatic rings. The molecule has 7 nitrogen and oxygen atoms in total. The number of carbonyl (C=O) groups is 2. The molecule has 1 fully saturated rings. The summed E-state index contributed by atoms with van der Waals surface area (Å²) in [5.74, 6) is -1.94. The van der Waals surface area contributed by atoms with Crippen LogP contribution in [0.4, 0.5) is 14.5 Å². The van der Waals surface area contributed by atoms with Gasteiger partial charge in [0.05, 0.1) is 17.2 Å². The molecule has 0 radical (unpaired) electrons. The van der Waals surface area contributed by atoms with E-state index in [0.717, 1.165) is 0 Å². The summed E-state index contributed by atoms with van der Waals surface area (Å²) in [4.78, 5) is 23.4. The molecule has 1 aromatic carbocycles. The molecule has 0 saturated carbocycles. The minimum Gasteiger partial charge on any atom is -0.456 e. The first kappa shape index (κ1) is 19.1. The molecule has 0 aliphatic carbocycles. The molecular formula is C15H17F2NO6S. The first-order valence-corrected chi connectivity index (χ1v) is 9.27. The number of alkyl halides is 2. The van der Waals surface area contributed by atoms with Crippen LogP contribution in [0, 0.1) is 5.92 Å². The molecule has 1 saturated heterocycles. The molecule has 2 rings (SSSR count). The Balaban J connectivity index is 1.80. The number of amides is 1. The average Bonchev–Trinajstić information content (AvgIpc) is 2.85. The van der Waals surface area contributed by atoms with Gasteiger partial charge in [-0.2, -0.15) is 8.78 Å². The number of rotatable bonds is 7. The van der Waals surface area contributed by atoms with E-state index in [2.05, 4.69) is 10.1 Å². The highest BCUT2D eigenvalue weighted by Gasteiger charge is 2.30. The molecule has 0 aromatic heterocycles. The number of halogens is 2. The van der Waals surface area contributed by atoms with E-state index in [1.54, 1.807) is 0 Å². The van der Waals surface area contributed by atoms with Crippen molar-refractivity contribution >= 4 is 27.4 Å². The van der Waals surface area contributed by atoms with Crippen LogP contribution in [0.15, 0.2) is 24.3 Å². The maximum Gasteiger partial charge on any atom is 0.387 e. The Bertz CT molecular complexity index is 737. The minimum atomic E-state index is -3.09. The van der Waals surface area contributed by atoms with Crippen LogP contribution in [0.5, 0.6) is 5.75 Å². The Morgan fingerprint density at radius 1 is 1.28 bits per heavy atom. The highest BCUT2D eigenvalue weighted by molar-refractivity contribution is 7.91. The zero-order valence-corrected chi connectivity index (χ0v) is 13.9. The summed E-state index contributed by atoms with van der Waals surface area (Å²) in [6, 6.07) is 5.60. The second-order valence-corrected chi connectivity index (χ2v) is 7.79. The van der Waals surface area contributed by atoms with Gasteiger partial charge in [0.15, 0.2) is 16.4 Å². The predicted molar refractivity (Wildman–Crippen MR) is 84.0 cm³/mol. The van der Waals surface area contributed by atoms with Gasteiger partial charge in [0.2, 0.25) is 0 Å². The van der Waals surface area contributed by atoms with Gasteiger partial charge in [0, 0.05) is 6.42 Å². The summed E-state index contributed by atoms with van der Waals surface area (Å²) < 4.78 is 56.3. The van der Waals surface area contributed by atoms with Gasteiger partial charge in [-0.05, 0) is 24.5 Å². The van der Waals surface area contributed by atoms with E-state index in [1.807, 2.05) is 0 Å². The van der Waals surface area contributed by atoms with E-state index in [4.69, 9.17) is 4.74 Å². The quantitative estimate of drug-likeness (QED) is 0.725. The van der Waals surface area contributed by atoms with Crippen molar-refractivity contribution in [2.45, 2.75) is 19.5 Å². The Morgan fingerprint density at radius 3 is 2.64 bits per heavy atom. The minimum absolute atomic E-state index is 0.0192. The summed E-state index contributed by atoms with van der Waals surface area (Å²) in [5.41, 5.74) is 0.0192. The first-order chi connectivity index (χ1) is 11.7. The number of hydrogen-bond donors (Lipinski definition) is 1. The fourth-order valence-corrected chi connectivity index (χ4v) is 4.29. The molecule has 1 aliphatic rings. The topological polar surface area (TPSA) is 98.8 Å². The van der Waals surface area contributed by atoms with Crippen LogP contribution in [-0.2, 0) is 24.2 Å². The lowest BCUT2D eigenvalue weighted by molar-refractivity contribution is -0.148. The Kier molecular flexibility index (Phi) is 6.29. The summed E-state index contributed by atoms with van der Waals surface area (Å²) in [6.07, 6.45) is 0.305. The van der Waals surface area contributed by atoms with Gasteiger partial charge in [-0.15, -0.1) is 0 Å². The lowest BCUT2D eigenvalue weighted by Crippen LogP contribution is -2.22. The van der Waals surface area contributed by atoms with Crippen molar-refractivity contribution in [2.75, 3.05) is 23.4 Å². The Labute approximate surface area is 143 Å². The first-order valence-electron chi connectivity index (χ1n) is 7.45. The predicted octanol–water partition coefficient (Wildman–Crippen LogP) is 1.59. The molecule has 10 heteroatoms. The fourth-order valence-electron chi connectivity index (χ4n) is 2.43. The summed E-state index contributed by atoms with van der Waals surface area (Å²) in [5, 5.41) is 2.31. The van der Waals surface area contributed by atoms with Crippen LogP contribution in [0.25, 0.3) is 0 Å². The molecule has 1 aliphatic heterocycles. The third kappa shape index (κ3) is 6.29. The van der Waals surface area contributed by atoms with Crippen molar-refractivity contribution in [3.8, 4) is 5.75 Å². The van der Waals surface area contributed by atoms with Gasteiger partial charge >= 0.3 is 12.6 Å². The van der Waals surface area contributed by atoms with Crippen LogP contribution < -0.4 is 10.1 Å². The standard InChI is InChI=1S/C15H17F2NO6S/c16-15(17)24-12-4-2-1-3-11(12)18-13(19)8-23-14(20)7-10-5-6-25(21,22)9-10/h1-4,10,15H,5-9H2,(H,18,19)/t10-/m0/s1. The van der Waals surface area contributed by atoms with E-state index < -0.39 is 34.9 Å². The number of esters is 1. The highest BCUT2D eigenvalue weighted by Crippen LogP contribution is 2.25. The number of hydrogen-bond acceptors (Lipinski definition) is 6. The normalized spacial score (nSPS) is 18.8. The maximum absolute atomic E-state index is 12.3. The van der Waals surface area contributed by atoms with E-state index in [-0.39, 0.29) is 35.3 Å². The second-order valence-electron chi connectivity index (χ2n) is 5.56. The molecule has 1 atom stereocenters. The van der Waals surface area contributed by atoms with Crippen molar-refractivity contribution in [1.82, 2.24) is 0 Å². The van der Waals surface area contributed by atoms with Crippen molar-refractivity contribution < 1.29 is 36.3 Å². The second kappa shape index (κ2) is 8.24. The van der Waals surface area contributed by atoms with E-state index in [0.29, 0.717) is 6.42 Å². The van der Waals surface area contributed by atoms with Gasteiger partial charge in [0.25, 0.3) is 5.91 Å². The van der Waals surface area contributed by atoms with Crippen LogP contribution >= 0.6 is 0 Å². The molecule has 1 N–H and O–H groups in total. The number of ether oxygens (including phenoxy) is 2. The molecule has 0 unspecified atom stereocenters. The van der Waals surface area contributed by atoms with Gasteiger partial charge in [-0.1, -0.05) is 12.1 Å². The van der Waals surface area contributed by atoms with Gasteiger partial charge in [-0.25, -0.2) is 8.42 Å². The Morgan fingerprint density at radius 2 is 2.00 bits per heavy atom. The molecule has 1 heterocycles. The van der Waals surface area contributed by atoms with Crippen LogP contribution in [-0.4, -0.2) is 45.0 Å². The van der Waals surface area contributed by atoms with Crippen LogP contribution in [0.3, 0.4) is 0 Å². The van der Waals surface area contributed by atoms with E-state index in [9.17, 15) is 26.8 Å². The highest BCUT2D eigenvalue weighted by atomic mass is 32.2. The third-order valence-electron chi connectivity index (χ3n) is 3.52. The largest absolute Gasteiger partial charge is 0.456 e. The number of sulfone groups is 1. The van der Waals surface area contributed by atoms with E-state index in [1.165, 1.54) is 24.3 Å². The average molecular weight is 377 g/mol. The van der Waals surface area contributed by atoms with Gasteiger partial charge in [0.1, 0.15) is 5.75 Å². The summed E-state index contributed by atoms with van der Waals surface area (Å²) in [6.45, 7) is -3.65. The lowest BCUT2D eigenvalue weighted by Gasteiger charge is -2.12. The van der Waals surface area contributed by atoms with Crippen molar-refractivity contribution in [3.63, 3.8) is 0 Å². The number of para-hydroxylation sites is 2.